The zero-order chi connectivity index (χ0) is 22.9. The molecule has 1 saturated carbocycles. The summed E-state index contributed by atoms with van der Waals surface area (Å²) in [4.78, 5) is 13.3. The van der Waals surface area contributed by atoms with E-state index in [1.807, 2.05) is 6.07 Å². The number of benzene rings is 2. The summed E-state index contributed by atoms with van der Waals surface area (Å²) >= 11 is 0. The molecule has 32 heavy (non-hydrogen) atoms. The van der Waals surface area contributed by atoms with Crippen molar-refractivity contribution >= 4 is 16.7 Å². The molecule has 4 nitrogen and oxygen atoms in total. The number of aliphatic carboxylic acids is 1. The molecule has 7 heteroatoms. The Balaban J connectivity index is 1.59. The van der Waals surface area contributed by atoms with E-state index in [9.17, 15) is 18.0 Å². The van der Waals surface area contributed by atoms with E-state index in [1.165, 1.54) is 6.07 Å². The fourth-order valence-electron chi connectivity index (χ4n) is 4.96. The first kappa shape index (κ1) is 22.9. The van der Waals surface area contributed by atoms with Crippen LogP contribution >= 0.6 is 0 Å². The Bertz CT molecular complexity index is 959. The maximum Gasteiger partial charge on any atom is 0.420 e. The molecule has 1 heterocycles. The molecule has 0 unspecified atom stereocenters. The number of carbonyl (C=O) groups is 1. The molecule has 1 aliphatic carbocycles. The van der Waals surface area contributed by atoms with Crippen LogP contribution in [0.5, 0.6) is 5.75 Å². The first-order chi connectivity index (χ1) is 15.2. The molecular weight excluding hydrogens is 419 g/mol. The van der Waals surface area contributed by atoms with Crippen LogP contribution in [0.15, 0.2) is 30.3 Å². The summed E-state index contributed by atoms with van der Waals surface area (Å²) in [6.45, 7) is 3.93. The van der Waals surface area contributed by atoms with Crippen LogP contribution in [0.25, 0.3) is 10.8 Å². The van der Waals surface area contributed by atoms with Crippen LogP contribution in [0.2, 0.25) is 0 Å². The molecule has 2 aromatic carbocycles. The van der Waals surface area contributed by atoms with E-state index >= 15 is 0 Å². The van der Waals surface area contributed by atoms with Crippen molar-refractivity contribution in [2.45, 2.75) is 64.3 Å². The molecule has 0 aromatic heterocycles. The van der Waals surface area contributed by atoms with Crippen molar-refractivity contribution in [2.75, 3.05) is 13.1 Å². The Morgan fingerprint density at radius 1 is 1.06 bits per heavy atom. The topological polar surface area (TPSA) is 49.8 Å². The number of hydrogen-bond donors (Lipinski definition) is 1. The van der Waals surface area contributed by atoms with Crippen molar-refractivity contribution in [2.24, 2.45) is 11.8 Å². The van der Waals surface area contributed by atoms with Crippen molar-refractivity contribution in [1.82, 2.24) is 4.90 Å². The molecule has 1 N–H and O–H groups in total. The van der Waals surface area contributed by atoms with Crippen LogP contribution in [0.4, 0.5) is 13.2 Å². The highest BCUT2D eigenvalue weighted by Gasteiger charge is 2.37. The van der Waals surface area contributed by atoms with Gasteiger partial charge in [0.05, 0.1) is 12.0 Å². The molecule has 0 amide bonds. The lowest BCUT2D eigenvalue weighted by Crippen LogP contribution is -2.35. The highest BCUT2D eigenvalue weighted by Crippen LogP contribution is 2.43. The van der Waals surface area contributed by atoms with Gasteiger partial charge in [-0.15, -0.1) is 0 Å². The summed E-state index contributed by atoms with van der Waals surface area (Å²) < 4.78 is 48.4. The van der Waals surface area contributed by atoms with Gasteiger partial charge in [-0.3, -0.25) is 9.69 Å². The van der Waals surface area contributed by atoms with Crippen LogP contribution in [0.3, 0.4) is 0 Å². The Labute approximate surface area is 186 Å². The number of piperidine rings is 1. The molecule has 4 rings (SSSR count). The minimum Gasteiger partial charge on any atom is -0.490 e. The van der Waals surface area contributed by atoms with Crippen LogP contribution in [-0.2, 0) is 17.5 Å². The van der Waals surface area contributed by atoms with Crippen molar-refractivity contribution in [3.05, 3.63) is 41.5 Å². The maximum absolute atomic E-state index is 14.2. The molecule has 2 fully saturated rings. The van der Waals surface area contributed by atoms with Crippen molar-refractivity contribution < 1.29 is 27.8 Å². The zero-order valence-electron chi connectivity index (χ0n) is 18.3. The third-order valence-electron chi connectivity index (χ3n) is 6.93. The summed E-state index contributed by atoms with van der Waals surface area (Å²) in [6.07, 6.45) is -0.0573. The summed E-state index contributed by atoms with van der Waals surface area (Å²) in [5, 5.41) is 9.86. The molecule has 2 aromatic rings. The van der Waals surface area contributed by atoms with E-state index < -0.39 is 17.7 Å². The molecule has 0 atom stereocenters. The lowest BCUT2D eigenvalue weighted by Gasteiger charge is -2.30. The Kier molecular flexibility index (Phi) is 6.65. The quantitative estimate of drug-likeness (QED) is 0.598. The molecule has 174 valence electrons. The van der Waals surface area contributed by atoms with Gasteiger partial charge < -0.3 is 9.84 Å². The smallest absolute Gasteiger partial charge is 0.420 e. The van der Waals surface area contributed by atoms with Crippen LogP contribution in [0, 0.1) is 11.8 Å². The van der Waals surface area contributed by atoms with Gasteiger partial charge in [-0.1, -0.05) is 25.1 Å². The molecular formula is C25H30F3NO3. The number of rotatable bonds is 5. The number of ether oxygens (including phenoxy) is 1. The second kappa shape index (κ2) is 9.30. The molecule has 0 radical (unpaired) electrons. The lowest BCUT2D eigenvalue weighted by molar-refractivity contribution is -0.143. The van der Waals surface area contributed by atoms with Gasteiger partial charge in [-0.2, -0.15) is 13.2 Å². The first-order valence-corrected chi connectivity index (χ1v) is 11.5. The number of carboxylic acid groups (broad SMARTS) is 1. The largest absolute Gasteiger partial charge is 0.490 e. The van der Waals surface area contributed by atoms with E-state index in [0.717, 1.165) is 31.2 Å². The van der Waals surface area contributed by atoms with Crippen LogP contribution in [-0.4, -0.2) is 35.2 Å². The Morgan fingerprint density at radius 3 is 2.34 bits per heavy atom. The van der Waals surface area contributed by atoms with Gasteiger partial charge in [0.1, 0.15) is 11.3 Å². The first-order valence-electron chi connectivity index (χ1n) is 11.5. The van der Waals surface area contributed by atoms with Crippen LogP contribution in [0.1, 0.15) is 56.6 Å². The minimum absolute atomic E-state index is 0.0797. The average Bonchev–Trinajstić information content (AvgIpc) is 2.74. The monoisotopic (exact) mass is 449 g/mol. The third kappa shape index (κ3) is 5.20. The second-order valence-corrected chi connectivity index (χ2v) is 9.38. The molecule has 0 spiro atoms. The standard InChI is InChI=1S/C25H30F3NO3/c1-16-2-7-20(8-3-16)32-22-9-6-18-5-4-17(14-21(18)23(22)25(26,27)28)15-29-12-10-19(11-13-29)24(30)31/h4-6,9,14,16,19-20H,2-3,7-8,10-13,15H2,1H3,(H,30,31)/t16-,20+. The highest BCUT2D eigenvalue weighted by atomic mass is 19.4. The number of nitrogens with zero attached hydrogens (tertiary/aromatic N) is 1. The van der Waals surface area contributed by atoms with E-state index in [2.05, 4.69) is 11.8 Å². The number of carboxylic acids is 1. The van der Waals surface area contributed by atoms with E-state index in [1.54, 1.807) is 18.2 Å². The zero-order valence-corrected chi connectivity index (χ0v) is 18.3. The van der Waals surface area contributed by atoms with Crippen molar-refractivity contribution in [3.63, 3.8) is 0 Å². The van der Waals surface area contributed by atoms with Gasteiger partial charge in [-0.05, 0) is 86.0 Å². The SMILES string of the molecule is C[C@H]1CC[C@@H](Oc2ccc3ccc(CN4CCC(C(=O)O)CC4)cc3c2C(F)(F)F)CC1. The summed E-state index contributed by atoms with van der Waals surface area (Å²) in [5.41, 5.74) is 0.0977. The van der Waals surface area contributed by atoms with Crippen LogP contribution < -0.4 is 4.74 Å². The second-order valence-electron chi connectivity index (χ2n) is 9.38. The normalized spacial score (nSPS) is 23.4. The van der Waals surface area contributed by atoms with Gasteiger partial charge in [0, 0.05) is 6.54 Å². The molecule has 2 aliphatic rings. The van der Waals surface area contributed by atoms with E-state index in [-0.39, 0.29) is 23.2 Å². The average molecular weight is 450 g/mol. The summed E-state index contributed by atoms with van der Waals surface area (Å²) in [7, 11) is 0. The van der Waals surface area contributed by atoms with Gasteiger partial charge in [-0.25, -0.2) is 0 Å². The number of likely N-dealkylation sites (tertiary alicyclic amines) is 1. The molecule has 1 saturated heterocycles. The van der Waals surface area contributed by atoms with Gasteiger partial charge in [0.25, 0.3) is 0 Å². The minimum atomic E-state index is -4.52. The predicted molar refractivity (Wildman–Crippen MR) is 117 cm³/mol. The fraction of sp³-hybridized carbons (Fsp3) is 0.560. The van der Waals surface area contributed by atoms with Gasteiger partial charge >= 0.3 is 12.1 Å². The van der Waals surface area contributed by atoms with Crippen molar-refractivity contribution in [3.8, 4) is 5.75 Å². The third-order valence-corrected chi connectivity index (χ3v) is 6.93. The lowest BCUT2D eigenvalue weighted by atomic mass is 9.89. The number of fused-ring (bicyclic) bond motifs is 1. The molecule has 1 aliphatic heterocycles. The van der Waals surface area contributed by atoms with E-state index in [0.29, 0.717) is 43.8 Å². The summed E-state index contributed by atoms with van der Waals surface area (Å²) in [6, 6.07) is 8.37. The number of halogens is 3. The summed E-state index contributed by atoms with van der Waals surface area (Å²) in [5.74, 6) is -0.590. The number of alkyl halides is 3. The van der Waals surface area contributed by atoms with Gasteiger partial charge in [0.15, 0.2) is 0 Å². The maximum atomic E-state index is 14.2. The fourth-order valence-corrected chi connectivity index (χ4v) is 4.96. The van der Waals surface area contributed by atoms with Crippen molar-refractivity contribution in [1.29, 1.82) is 0 Å². The van der Waals surface area contributed by atoms with Gasteiger partial charge in [0.2, 0.25) is 0 Å². The predicted octanol–water partition coefficient (Wildman–Crippen LogP) is 6.11. The number of hydrogen-bond acceptors (Lipinski definition) is 3. The Hall–Kier alpha value is -2.28. The molecule has 0 bridgehead atoms. The Morgan fingerprint density at radius 2 is 1.72 bits per heavy atom. The van der Waals surface area contributed by atoms with E-state index in [4.69, 9.17) is 9.84 Å². The highest BCUT2D eigenvalue weighted by molar-refractivity contribution is 5.89.